The number of anilines is 3. The van der Waals surface area contributed by atoms with E-state index in [-0.39, 0.29) is 10.9 Å². The molecule has 3 rings (SSSR count). The zero-order chi connectivity index (χ0) is 18.9. The van der Waals surface area contributed by atoms with Crippen LogP contribution in [0.4, 0.5) is 17.5 Å². The van der Waals surface area contributed by atoms with Gasteiger partial charge in [0.2, 0.25) is 16.0 Å². The van der Waals surface area contributed by atoms with Crippen molar-refractivity contribution in [3.8, 4) is 0 Å². The summed E-state index contributed by atoms with van der Waals surface area (Å²) in [4.78, 5) is 16.3. The van der Waals surface area contributed by atoms with E-state index in [4.69, 9.17) is 0 Å². The molecule has 10 heteroatoms. The Bertz CT molecular complexity index is 1010. The molecule has 0 bridgehead atoms. The summed E-state index contributed by atoms with van der Waals surface area (Å²) in [6, 6.07) is 6.61. The molecule has 0 aliphatic carbocycles. The Labute approximate surface area is 151 Å². The van der Waals surface area contributed by atoms with Crippen molar-refractivity contribution in [1.82, 2.24) is 24.2 Å². The summed E-state index contributed by atoms with van der Waals surface area (Å²) >= 11 is 0. The average molecular weight is 375 g/mol. The quantitative estimate of drug-likeness (QED) is 0.604. The number of hydrogen-bond acceptors (Lipinski definition) is 7. The predicted octanol–water partition coefficient (Wildman–Crippen LogP) is 2.17. The summed E-state index contributed by atoms with van der Waals surface area (Å²) in [6.45, 7) is 4.03. The molecule has 3 N–H and O–H groups in total. The Morgan fingerprint density at radius 3 is 2.42 bits per heavy atom. The van der Waals surface area contributed by atoms with E-state index in [9.17, 15) is 8.42 Å². The Morgan fingerprint density at radius 1 is 1.12 bits per heavy atom. The number of aromatic amines is 1. The van der Waals surface area contributed by atoms with Gasteiger partial charge in [-0.2, -0.15) is 9.97 Å². The first kappa shape index (κ1) is 18.1. The van der Waals surface area contributed by atoms with E-state index in [1.54, 1.807) is 18.5 Å². The zero-order valence-corrected chi connectivity index (χ0v) is 15.8. The maximum absolute atomic E-state index is 12.1. The SMILES string of the molecule is CC(C)Nc1nc(Nc2ccc(S(=O)(=O)N(C)C)cc2)nc2nc[nH]c12. The second kappa shape index (κ2) is 6.89. The minimum absolute atomic E-state index is 0.194. The molecule has 0 unspecified atom stereocenters. The van der Waals surface area contributed by atoms with Crippen molar-refractivity contribution < 1.29 is 8.42 Å². The molecule has 9 nitrogen and oxygen atoms in total. The molecule has 0 amide bonds. The molecule has 0 aliphatic heterocycles. The van der Waals surface area contributed by atoms with Crippen LogP contribution in [0.15, 0.2) is 35.5 Å². The van der Waals surface area contributed by atoms with Gasteiger partial charge in [0, 0.05) is 25.8 Å². The molecule has 0 saturated carbocycles. The number of hydrogen-bond donors (Lipinski definition) is 3. The summed E-state index contributed by atoms with van der Waals surface area (Å²) in [6.07, 6.45) is 1.57. The van der Waals surface area contributed by atoms with Gasteiger partial charge in [0.1, 0.15) is 5.52 Å². The van der Waals surface area contributed by atoms with Crippen LogP contribution in [0, 0.1) is 0 Å². The summed E-state index contributed by atoms with van der Waals surface area (Å²) in [5, 5.41) is 6.34. The number of nitrogens with one attached hydrogen (secondary N) is 3. The normalized spacial score (nSPS) is 12.1. The smallest absolute Gasteiger partial charge is 0.242 e. The maximum atomic E-state index is 12.1. The van der Waals surface area contributed by atoms with Crippen LogP contribution in [0.2, 0.25) is 0 Å². The first-order chi connectivity index (χ1) is 12.3. The molecule has 0 spiro atoms. The molecule has 3 aromatic rings. The number of nitrogens with zero attached hydrogens (tertiary/aromatic N) is 4. The number of sulfonamides is 1. The minimum atomic E-state index is -3.46. The monoisotopic (exact) mass is 375 g/mol. The molecule has 0 aliphatic rings. The largest absolute Gasteiger partial charge is 0.366 e. The standard InChI is InChI=1S/C16H21N7O2S/c1-10(2)19-15-13-14(18-9-17-13)21-16(22-15)20-11-5-7-12(8-6-11)26(24,25)23(3)4/h5-10H,1-4H3,(H3,17,18,19,20,21,22). The number of aromatic nitrogens is 4. The van der Waals surface area contributed by atoms with E-state index in [0.29, 0.717) is 23.1 Å². The highest BCUT2D eigenvalue weighted by atomic mass is 32.2. The fraction of sp³-hybridized carbons (Fsp3) is 0.312. The van der Waals surface area contributed by atoms with Crippen LogP contribution >= 0.6 is 0 Å². The van der Waals surface area contributed by atoms with Crippen LogP contribution in [0.25, 0.3) is 11.2 Å². The van der Waals surface area contributed by atoms with Crippen molar-refractivity contribution in [1.29, 1.82) is 0 Å². The molecule has 0 radical (unpaired) electrons. The van der Waals surface area contributed by atoms with Crippen LogP contribution in [0.5, 0.6) is 0 Å². The summed E-state index contributed by atoms with van der Waals surface area (Å²) in [5.74, 6) is 1.02. The molecule has 26 heavy (non-hydrogen) atoms. The first-order valence-corrected chi connectivity index (χ1v) is 9.48. The van der Waals surface area contributed by atoms with E-state index in [2.05, 4.69) is 30.6 Å². The molecule has 0 saturated heterocycles. The highest BCUT2D eigenvalue weighted by molar-refractivity contribution is 7.89. The lowest BCUT2D eigenvalue weighted by Gasteiger charge is -2.13. The number of fused-ring (bicyclic) bond motifs is 1. The summed E-state index contributed by atoms with van der Waals surface area (Å²) < 4.78 is 25.4. The highest BCUT2D eigenvalue weighted by Gasteiger charge is 2.17. The molecule has 2 heterocycles. The van der Waals surface area contributed by atoms with Crippen LogP contribution < -0.4 is 10.6 Å². The van der Waals surface area contributed by atoms with Crippen LogP contribution in [-0.4, -0.2) is 52.8 Å². The van der Waals surface area contributed by atoms with Gasteiger partial charge in [-0.25, -0.2) is 17.7 Å². The third kappa shape index (κ3) is 3.60. The molecule has 0 atom stereocenters. The van der Waals surface area contributed by atoms with Gasteiger partial charge < -0.3 is 15.6 Å². The van der Waals surface area contributed by atoms with E-state index >= 15 is 0 Å². The second-order valence-electron chi connectivity index (χ2n) is 6.23. The minimum Gasteiger partial charge on any atom is -0.366 e. The van der Waals surface area contributed by atoms with E-state index < -0.39 is 10.0 Å². The van der Waals surface area contributed by atoms with E-state index in [1.807, 2.05) is 13.8 Å². The van der Waals surface area contributed by atoms with Gasteiger partial charge >= 0.3 is 0 Å². The second-order valence-corrected chi connectivity index (χ2v) is 8.38. The van der Waals surface area contributed by atoms with Crippen molar-refractivity contribution in [2.75, 3.05) is 24.7 Å². The fourth-order valence-corrected chi connectivity index (χ4v) is 3.22. The predicted molar refractivity (Wildman–Crippen MR) is 101 cm³/mol. The Morgan fingerprint density at radius 2 is 1.81 bits per heavy atom. The van der Waals surface area contributed by atoms with Crippen LogP contribution in [-0.2, 0) is 10.0 Å². The van der Waals surface area contributed by atoms with E-state index in [1.165, 1.54) is 30.5 Å². The molecule has 1 aromatic carbocycles. The van der Waals surface area contributed by atoms with Gasteiger partial charge in [-0.05, 0) is 38.1 Å². The van der Waals surface area contributed by atoms with Crippen molar-refractivity contribution in [3.05, 3.63) is 30.6 Å². The number of imidazole rings is 1. The van der Waals surface area contributed by atoms with Gasteiger partial charge in [-0.1, -0.05) is 0 Å². The lowest BCUT2D eigenvalue weighted by Crippen LogP contribution is -2.22. The van der Waals surface area contributed by atoms with Crippen molar-refractivity contribution in [2.24, 2.45) is 0 Å². The Kier molecular flexibility index (Phi) is 4.79. The number of benzene rings is 1. The van der Waals surface area contributed by atoms with Crippen molar-refractivity contribution in [2.45, 2.75) is 24.8 Å². The molecule has 2 aromatic heterocycles. The Balaban J connectivity index is 1.89. The van der Waals surface area contributed by atoms with Gasteiger partial charge in [-0.3, -0.25) is 0 Å². The first-order valence-electron chi connectivity index (χ1n) is 8.04. The van der Waals surface area contributed by atoms with Gasteiger partial charge in [0.15, 0.2) is 11.5 Å². The fourth-order valence-electron chi connectivity index (χ4n) is 2.32. The van der Waals surface area contributed by atoms with Crippen LogP contribution in [0.1, 0.15) is 13.8 Å². The lowest BCUT2D eigenvalue weighted by molar-refractivity contribution is 0.521. The third-order valence-corrected chi connectivity index (χ3v) is 5.43. The molecular formula is C16H21N7O2S. The zero-order valence-electron chi connectivity index (χ0n) is 15.0. The van der Waals surface area contributed by atoms with Crippen molar-refractivity contribution >= 4 is 38.6 Å². The maximum Gasteiger partial charge on any atom is 0.242 e. The highest BCUT2D eigenvalue weighted by Crippen LogP contribution is 2.23. The number of rotatable bonds is 6. The van der Waals surface area contributed by atoms with Crippen molar-refractivity contribution in [3.63, 3.8) is 0 Å². The summed E-state index contributed by atoms with van der Waals surface area (Å²) in [5.41, 5.74) is 1.95. The van der Waals surface area contributed by atoms with Gasteiger partial charge in [-0.15, -0.1) is 0 Å². The molecule has 0 fully saturated rings. The molecule has 138 valence electrons. The van der Waals surface area contributed by atoms with Gasteiger partial charge in [0.25, 0.3) is 0 Å². The topological polar surface area (TPSA) is 116 Å². The van der Waals surface area contributed by atoms with Gasteiger partial charge in [0.05, 0.1) is 11.2 Å². The van der Waals surface area contributed by atoms with Crippen LogP contribution in [0.3, 0.4) is 0 Å². The lowest BCUT2D eigenvalue weighted by atomic mass is 10.3. The third-order valence-electron chi connectivity index (χ3n) is 3.60. The van der Waals surface area contributed by atoms with E-state index in [0.717, 1.165) is 5.52 Å². The summed E-state index contributed by atoms with van der Waals surface area (Å²) in [7, 11) is -0.462. The average Bonchev–Trinajstić information content (AvgIpc) is 3.03. The molecular weight excluding hydrogens is 354 g/mol. The Hall–Kier alpha value is -2.72. The number of H-pyrrole nitrogens is 1.